The van der Waals surface area contributed by atoms with Gasteiger partial charge in [0.15, 0.2) is 0 Å². The Balaban J connectivity index is 1.65. The predicted octanol–water partition coefficient (Wildman–Crippen LogP) is 4.76. The van der Waals surface area contributed by atoms with Crippen molar-refractivity contribution in [2.24, 2.45) is 0 Å². The van der Waals surface area contributed by atoms with Crippen molar-refractivity contribution in [3.05, 3.63) is 94.6 Å². The minimum absolute atomic E-state index is 0.0882. The lowest BCUT2D eigenvalue weighted by atomic mass is 9.95. The molecule has 0 saturated carbocycles. The summed E-state index contributed by atoms with van der Waals surface area (Å²) < 4.78 is 0. The lowest BCUT2D eigenvalue weighted by molar-refractivity contribution is 0.588. The van der Waals surface area contributed by atoms with Crippen LogP contribution in [0.5, 0.6) is 0 Å². The maximum atomic E-state index is 4.82. The van der Waals surface area contributed by atoms with Gasteiger partial charge < -0.3 is 4.98 Å². The molecule has 0 saturated heterocycles. The highest BCUT2D eigenvalue weighted by Crippen LogP contribution is 2.25. The molecule has 2 heterocycles. The fourth-order valence-corrected chi connectivity index (χ4v) is 3.52. The van der Waals surface area contributed by atoms with Gasteiger partial charge in [-0.05, 0) is 66.8 Å². The summed E-state index contributed by atoms with van der Waals surface area (Å²) in [6.45, 7) is 7.06. The quantitative estimate of drug-likeness (QED) is 0.542. The minimum atomic E-state index is 0.0882. The number of hydrogen-bond acceptors (Lipinski definition) is 3. The van der Waals surface area contributed by atoms with Crippen LogP contribution in [0.2, 0.25) is 0 Å². The van der Waals surface area contributed by atoms with Crippen LogP contribution in [-0.2, 0) is 6.54 Å². The Kier molecular flexibility index (Phi) is 4.73. The molecule has 1 atom stereocenters. The van der Waals surface area contributed by atoms with Gasteiger partial charge >= 0.3 is 0 Å². The summed E-state index contributed by atoms with van der Waals surface area (Å²) in [6.07, 6.45) is 3.69. The molecule has 2 N–H and O–H groups in total. The summed E-state index contributed by atoms with van der Waals surface area (Å²) in [5.74, 6) is 0.950. The zero-order chi connectivity index (χ0) is 18.8. The number of pyridine rings is 1. The van der Waals surface area contributed by atoms with Crippen molar-refractivity contribution >= 4 is 11.0 Å². The Labute approximate surface area is 159 Å². The normalized spacial score (nSPS) is 12.4. The molecule has 4 nitrogen and oxygen atoms in total. The van der Waals surface area contributed by atoms with Gasteiger partial charge in [-0.15, -0.1) is 0 Å². The van der Waals surface area contributed by atoms with E-state index in [0.29, 0.717) is 6.54 Å². The van der Waals surface area contributed by atoms with Crippen molar-refractivity contribution in [1.82, 2.24) is 20.3 Å². The van der Waals surface area contributed by atoms with Crippen LogP contribution in [-0.4, -0.2) is 15.0 Å². The first-order valence-electron chi connectivity index (χ1n) is 9.27. The van der Waals surface area contributed by atoms with Gasteiger partial charge in [-0.1, -0.05) is 30.3 Å². The number of rotatable bonds is 5. The van der Waals surface area contributed by atoms with E-state index >= 15 is 0 Å². The Bertz CT molecular complexity index is 1070. The zero-order valence-electron chi connectivity index (χ0n) is 16.0. The molecule has 4 heteroatoms. The van der Waals surface area contributed by atoms with Crippen LogP contribution in [0.15, 0.2) is 60.9 Å². The molecule has 0 spiro atoms. The molecule has 136 valence electrons. The van der Waals surface area contributed by atoms with Crippen molar-refractivity contribution < 1.29 is 0 Å². The Morgan fingerprint density at radius 3 is 2.48 bits per heavy atom. The van der Waals surface area contributed by atoms with Crippen molar-refractivity contribution in [3.8, 4) is 0 Å². The van der Waals surface area contributed by atoms with Crippen molar-refractivity contribution in [3.63, 3.8) is 0 Å². The number of fused-ring (bicyclic) bond motifs is 1. The van der Waals surface area contributed by atoms with E-state index in [1.54, 1.807) is 0 Å². The Morgan fingerprint density at radius 2 is 1.70 bits per heavy atom. The topological polar surface area (TPSA) is 53.6 Å². The number of aromatic amines is 1. The van der Waals surface area contributed by atoms with Crippen LogP contribution in [0.4, 0.5) is 0 Å². The lowest BCUT2D eigenvalue weighted by Gasteiger charge is -2.21. The molecule has 0 radical (unpaired) electrons. The van der Waals surface area contributed by atoms with Crippen LogP contribution in [0.25, 0.3) is 11.0 Å². The summed E-state index contributed by atoms with van der Waals surface area (Å²) in [6, 6.07) is 17.0. The van der Waals surface area contributed by atoms with E-state index < -0.39 is 0 Å². The van der Waals surface area contributed by atoms with E-state index in [1.165, 1.54) is 27.8 Å². The van der Waals surface area contributed by atoms with Crippen LogP contribution >= 0.6 is 0 Å². The van der Waals surface area contributed by atoms with E-state index in [2.05, 4.69) is 84.6 Å². The van der Waals surface area contributed by atoms with Crippen LogP contribution < -0.4 is 5.32 Å². The summed E-state index contributed by atoms with van der Waals surface area (Å²) in [4.78, 5) is 12.4. The number of nitrogens with zero attached hydrogens (tertiary/aromatic N) is 2. The molecule has 27 heavy (non-hydrogen) atoms. The van der Waals surface area contributed by atoms with Crippen molar-refractivity contribution in [2.45, 2.75) is 33.4 Å². The second-order valence-corrected chi connectivity index (χ2v) is 7.04. The van der Waals surface area contributed by atoms with Gasteiger partial charge in [-0.25, -0.2) is 4.98 Å². The number of nitrogens with one attached hydrogen (secondary N) is 2. The van der Waals surface area contributed by atoms with Gasteiger partial charge in [-0.2, -0.15) is 0 Å². The van der Waals surface area contributed by atoms with Gasteiger partial charge in [-0.3, -0.25) is 10.3 Å². The van der Waals surface area contributed by atoms with Gasteiger partial charge in [0.05, 0.1) is 23.6 Å². The zero-order valence-corrected chi connectivity index (χ0v) is 16.0. The molecule has 2 aromatic heterocycles. The maximum Gasteiger partial charge on any atom is 0.121 e. The van der Waals surface area contributed by atoms with Gasteiger partial charge in [0.25, 0.3) is 0 Å². The standard InChI is InChI=1S/C23H24N4/c1-15-8-9-20-22(17(15)3)27-21(26-20)14-25-23(18-10-12-24-13-11-18)19-7-5-4-6-16(19)2/h4-13,23,25H,14H2,1-3H3,(H,26,27). The molecule has 0 aliphatic rings. The first-order valence-corrected chi connectivity index (χ1v) is 9.27. The third-order valence-electron chi connectivity index (χ3n) is 5.24. The maximum absolute atomic E-state index is 4.82. The molecular weight excluding hydrogens is 332 g/mol. The number of aromatic nitrogens is 3. The van der Waals surface area contributed by atoms with Crippen LogP contribution in [0, 0.1) is 20.8 Å². The second kappa shape index (κ2) is 7.33. The molecular formula is C23H24N4. The molecule has 2 aromatic carbocycles. The molecule has 0 aliphatic heterocycles. The summed E-state index contributed by atoms with van der Waals surface area (Å²) in [5.41, 5.74) is 8.38. The number of aryl methyl sites for hydroxylation is 3. The monoisotopic (exact) mass is 356 g/mol. The minimum Gasteiger partial charge on any atom is -0.341 e. The number of benzene rings is 2. The molecule has 1 unspecified atom stereocenters. The number of H-pyrrole nitrogens is 1. The first-order chi connectivity index (χ1) is 13.1. The average molecular weight is 356 g/mol. The molecule has 4 rings (SSSR count). The number of imidazole rings is 1. The highest BCUT2D eigenvalue weighted by Gasteiger charge is 2.16. The molecule has 0 fully saturated rings. The first kappa shape index (κ1) is 17.4. The summed E-state index contributed by atoms with van der Waals surface area (Å²) >= 11 is 0. The van der Waals surface area contributed by atoms with Gasteiger partial charge in [0.1, 0.15) is 5.82 Å². The van der Waals surface area contributed by atoms with Crippen molar-refractivity contribution in [2.75, 3.05) is 0 Å². The molecule has 0 aliphatic carbocycles. The van der Waals surface area contributed by atoms with Crippen LogP contribution in [0.1, 0.15) is 39.7 Å². The van der Waals surface area contributed by atoms with Crippen molar-refractivity contribution in [1.29, 1.82) is 0 Å². The van der Waals surface area contributed by atoms with E-state index in [-0.39, 0.29) is 6.04 Å². The second-order valence-electron chi connectivity index (χ2n) is 7.04. The van der Waals surface area contributed by atoms with Gasteiger partial charge in [0, 0.05) is 12.4 Å². The van der Waals surface area contributed by atoms with E-state index in [1.807, 2.05) is 12.4 Å². The van der Waals surface area contributed by atoms with Crippen LogP contribution in [0.3, 0.4) is 0 Å². The third kappa shape index (κ3) is 3.49. The Hall–Kier alpha value is -2.98. The highest BCUT2D eigenvalue weighted by molar-refractivity contribution is 5.79. The average Bonchev–Trinajstić information content (AvgIpc) is 3.11. The highest BCUT2D eigenvalue weighted by atomic mass is 15.0. The van der Waals surface area contributed by atoms with E-state index in [9.17, 15) is 0 Å². The summed E-state index contributed by atoms with van der Waals surface area (Å²) in [5, 5.41) is 3.68. The predicted molar refractivity (Wildman–Crippen MR) is 110 cm³/mol. The fraction of sp³-hybridized carbons (Fsp3) is 0.217. The fourth-order valence-electron chi connectivity index (χ4n) is 3.52. The molecule has 0 amide bonds. The lowest BCUT2D eigenvalue weighted by Crippen LogP contribution is -2.23. The summed E-state index contributed by atoms with van der Waals surface area (Å²) in [7, 11) is 0. The molecule has 4 aromatic rings. The third-order valence-corrected chi connectivity index (χ3v) is 5.24. The molecule has 0 bridgehead atoms. The van der Waals surface area contributed by atoms with Gasteiger partial charge in [0.2, 0.25) is 0 Å². The SMILES string of the molecule is Cc1ccccc1C(NCc1nc2c(C)c(C)ccc2[nH]1)c1ccncc1. The Morgan fingerprint density at radius 1 is 0.926 bits per heavy atom. The largest absolute Gasteiger partial charge is 0.341 e. The van der Waals surface area contributed by atoms with E-state index in [0.717, 1.165) is 16.9 Å². The number of hydrogen-bond donors (Lipinski definition) is 2. The van der Waals surface area contributed by atoms with E-state index in [4.69, 9.17) is 4.98 Å². The smallest absolute Gasteiger partial charge is 0.121 e.